The molecule has 0 rings (SSSR count). The first-order chi connectivity index (χ1) is 7.98. The van der Waals surface area contributed by atoms with Gasteiger partial charge in [-0.2, -0.15) is 8.78 Å². The summed E-state index contributed by atoms with van der Waals surface area (Å²) >= 11 is 0. The number of halogens is 4. The van der Waals surface area contributed by atoms with E-state index in [9.17, 15) is 27.2 Å². The Balaban J connectivity index is 0. The second-order valence-electron chi connectivity index (χ2n) is 3.07. The van der Waals surface area contributed by atoms with Crippen LogP contribution in [-0.4, -0.2) is 57.4 Å². The van der Waals surface area contributed by atoms with Crippen LogP contribution in [0.4, 0.5) is 17.6 Å². The number of carboxylic acids is 2. The van der Waals surface area contributed by atoms with Gasteiger partial charge in [0.15, 0.2) is 0 Å². The van der Waals surface area contributed by atoms with Crippen molar-refractivity contribution in [3.8, 4) is 0 Å². The Labute approximate surface area is 98.5 Å². The van der Waals surface area contributed by atoms with Gasteiger partial charge in [0.2, 0.25) is 0 Å². The fourth-order valence-electron chi connectivity index (χ4n) is 0.508. The van der Waals surface area contributed by atoms with Crippen molar-refractivity contribution in [3.63, 3.8) is 0 Å². The number of rotatable bonds is 6. The number of aliphatic hydroxyl groups is 2. The molecule has 0 aromatic carbocycles. The average Bonchev–Trinajstić information content (AvgIpc) is 2.16. The van der Waals surface area contributed by atoms with Crippen molar-refractivity contribution < 1.29 is 47.6 Å². The molecule has 0 aliphatic rings. The molecule has 10 heteroatoms. The lowest BCUT2D eigenvalue weighted by molar-refractivity contribution is -0.171. The van der Waals surface area contributed by atoms with Gasteiger partial charge in [-0.1, -0.05) is 0 Å². The predicted molar refractivity (Wildman–Crippen MR) is 48.6 cm³/mol. The standard InChI is InChI=1S/C4H4F2O4.C4H8F2O2/c5-4(6,3(9)10)1-2(7)8;5-4(6,3-8)1-2-7/h1H2,(H,7,8)(H,9,10);7-8H,1-3H2. The summed E-state index contributed by atoms with van der Waals surface area (Å²) in [6, 6.07) is 0. The first-order valence-electron chi connectivity index (χ1n) is 4.41. The summed E-state index contributed by atoms with van der Waals surface area (Å²) in [6.45, 7) is -1.78. The average molecular weight is 280 g/mol. The molecule has 0 bridgehead atoms. The normalized spacial score (nSPS) is 11.4. The van der Waals surface area contributed by atoms with Crippen molar-refractivity contribution in [1.82, 2.24) is 0 Å². The Hall–Kier alpha value is -1.42. The maximum absolute atomic E-state index is 11.8. The van der Waals surface area contributed by atoms with Crippen molar-refractivity contribution >= 4 is 11.9 Å². The molecule has 18 heavy (non-hydrogen) atoms. The van der Waals surface area contributed by atoms with E-state index in [1.807, 2.05) is 0 Å². The Morgan fingerprint density at radius 1 is 1.00 bits per heavy atom. The second kappa shape index (κ2) is 7.82. The molecule has 6 nitrogen and oxygen atoms in total. The molecule has 0 atom stereocenters. The van der Waals surface area contributed by atoms with Gasteiger partial charge < -0.3 is 20.4 Å². The number of aliphatic carboxylic acids is 2. The Morgan fingerprint density at radius 3 is 1.56 bits per heavy atom. The van der Waals surface area contributed by atoms with E-state index in [4.69, 9.17) is 20.4 Å². The van der Waals surface area contributed by atoms with Gasteiger partial charge in [-0.15, -0.1) is 0 Å². The third kappa shape index (κ3) is 9.78. The monoisotopic (exact) mass is 280 g/mol. The van der Waals surface area contributed by atoms with Crippen LogP contribution in [0.3, 0.4) is 0 Å². The Kier molecular flexibility index (Phi) is 8.22. The lowest BCUT2D eigenvalue weighted by Crippen LogP contribution is -2.30. The summed E-state index contributed by atoms with van der Waals surface area (Å²) in [6.07, 6.45) is -2.34. The van der Waals surface area contributed by atoms with Crippen LogP contribution in [-0.2, 0) is 9.59 Å². The van der Waals surface area contributed by atoms with E-state index in [0.29, 0.717) is 0 Å². The number of hydrogen-bond acceptors (Lipinski definition) is 4. The van der Waals surface area contributed by atoms with Crippen LogP contribution in [0.5, 0.6) is 0 Å². The van der Waals surface area contributed by atoms with Crippen molar-refractivity contribution in [1.29, 1.82) is 0 Å². The topological polar surface area (TPSA) is 115 Å². The van der Waals surface area contributed by atoms with E-state index in [1.54, 1.807) is 0 Å². The van der Waals surface area contributed by atoms with E-state index in [0.717, 1.165) is 0 Å². The van der Waals surface area contributed by atoms with Crippen molar-refractivity contribution in [2.75, 3.05) is 13.2 Å². The third-order valence-corrected chi connectivity index (χ3v) is 1.40. The molecule has 0 aromatic rings. The molecule has 0 saturated carbocycles. The molecule has 0 saturated heterocycles. The minimum Gasteiger partial charge on any atom is -0.481 e. The van der Waals surface area contributed by atoms with Gasteiger partial charge in [0.05, 0.1) is 0 Å². The van der Waals surface area contributed by atoms with Crippen LogP contribution in [0.2, 0.25) is 0 Å². The quantitative estimate of drug-likeness (QED) is 0.516. The first-order valence-corrected chi connectivity index (χ1v) is 4.41. The Morgan fingerprint density at radius 2 is 1.44 bits per heavy atom. The fourth-order valence-corrected chi connectivity index (χ4v) is 0.508. The van der Waals surface area contributed by atoms with E-state index in [1.165, 1.54) is 0 Å². The van der Waals surface area contributed by atoms with Gasteiger partial charge in [0.1, 0.15) is 13.0 Å². The summed E-state index contributed by atoms with van der Waals surface area (Å²) in [5.74, 6) is -11.5. The maximum atomic E-state index is 11.8. The van der Waals surface area contributed by atoms with Crippen LogP contribution >= 0.6 is 0 Å². The first kappa shape index (κ1) is 18.9. The summed E-state index contributed by atoms with van der Waals surface area (Å²) in [5, 5.41) is 31.2. The second-order valence-corrected chi connectivity index (χ2v) is 3.07. The molecule has 0 spiro atoms. The molecule has 0 aromatic heterocycles. The highest BCUT2D eigenvalue weighted by Gasteiger charge is 2.41. The van der Waals surface area contributed by atoms with Crippen molar-refractivity contribution in [3.05, 3.63) is 0 Å². The minimum absolute atomic E-state index is 0.590. The smallest absolute Gasteiger partial charge is 0.375 e. The van der Waals surface area contributed by atoms with Crippen LogP contribution in [0.25, 0.3) is 0 Å². The fraction of sp³-hybridized carbons (Fsp3) is 0.750. The van der Waals surface area contributed by atoms with E-state index < -0.39 is 49.8 Å². The highest BCUT2D eigenvalue weighted by molar-refractivity contribution is 5.81. The lowest BCUT2D eigenvalue weighted by Gasteiger charge is -2.09. The summed E-state index contributed by atoms with van der Waals surface area (Å²) in [4.78, 5) is 19.1. The van der Waals surface area contributed by atoms with Crippen LogP contribution in [0, 0.1) is 0 Å². The molecule has 0 fully saturated rings. The van der Waals surface area contributed by atoms with Gasteiger partial charge in [-0.05, 0) is 0 Å². The molecule has 4 N–H and O–H groups in total. The zero-order valence-electron chi connectivity index (χ0n) is 8.95. The van der Waals surface area contributed by atoms with E-state index >= 15 is 0 Å². The largest absolute Gasteiger partial charge is 0.481 e. The van der Waals surface area contributed by atoms with Gasteiger partial charge in [-0.25, -0.2) is 13.6 Å². The minimum atomic E-state index is -4.16. The molecular weight excluding hydrogens is 268 g/mol. The number of carboxylic acid groups (broad SMARTS) is 2. The third-order valence-electron chi connectivity index (χ3n) is 1.40. The van der Waals surface area contributed by atoms with Gasteiger partial charge in [-0.3, -0.25) is 4.79 Å². The van der Waals surface area contributed by atoms with Crippen LogP contribution < -0.4 is 0 Å². The number of carbonyl (C=O) groups is 2. The molecule has 0 amide bonds. The Bertz CT molecular complexity index is 281. The lowest BCUT2D eigenvalue weighted by atomic mass is 10.2. The van der Waals surface area contributed by atoms with Crippen molar-refractivity contribution in [2.24, 2.45) is 0 Å². The van der Waals surface area contributed by atoms with Crippen molar-refractivity contribution in [2.45, 2.75) is 24.7 Å². The van der Waals surface area contributed by atoms with E-state index in [-0.39, 0.29) is 0 Å². The molecule has 0 aliphatic heterocycles. The van der Waals surface area contributed by atoms with Gasteiger partial charge in [0, 0.05) is 13.0 Å². The van der Waals surface area contributed by atoms with Crippen LogP contribution in [0.1, 0.15) is 12.8 Å². The number of aliphatic hydroxyl groups excluding tert-OH is 2. The zero-order chi connectivity index (χ0) is 15.0. The molecule has 0 unspecified atom stereocenters. The molecule has 0 radical (unpaired) electrons. The molecule has 108 valence electrons. The van der Waals surface area contributed by atoms with E-state index in [2.05, 4.69) is 0 Å². The predicted octanol–water partition coefficient (Wildman–Crippen LogP) is 0.177. The highest BCUT2D eigenvalue weighted by Crippen LogP contribution is 2.17. The summed E-state index contributed by atoms with van der Waals surface area (Å²) in [7, 11) is 0. The SMILES string of the molecule is O=C(O)CC(F)(F)C(=O)O.OCCC(F)(F)CO. The molecular formula is C8H12F4O6. The number of hydrogen-bond donors (Lipinski definition) is 4. The van der Waals surface area contributed by atoms with Crippen LogP contribution in [0.15, 0.2) is 0 Å². The van der Waals surface area contributed by atoms with Gasteiger partial charge >= 0.3 is 17.9 Å². The summed E-state index contributed by atoms with van der Waals surface area (Å²) < 4.78 is 47.1. The molecule has 0 heterocycles. The maximum Gasteiger partial charge on any atom is 0.375 e. The highest BCUT2D eigenvalue weighted by atomic mass is 19.3. The summed E-state index contributed by atoms with van der Waals surface area (Å²) in [5.41, 5.74) is 0. The number of alkyl halides is 4. The molecule has 0 aliphatic carbocycles. The zero-order valence-corrected chi connectivity index (χ0v) is 8.95. The van der Waals surface area contributed by atoms with Gasteiger partial charge in [0.25, 0.3) is 5.92 Å².